The van der Waals surface area contributed by atoms with Gasteiger partial charge in [-0.15, -0.1) is 17.5 Å². The van der Waals surface area contributed by atoms with Gasteiger partial charge in [-0.05, 0) is 82.7 Å². The Morgan fingerprint density at radius 1 is 1.05 bits per heavy atom. The molecule has 2 aromatic carbocycles. The fourth-order valence-electron chi connectivity index (χ4n) is 6.04. The van der Waals surface area contributed by atoms with E-state index in [2.05, 4.69) is 15.5 Å². The molecule has 0 spiro atoms. The number of carbonyl (C=O) groups excluding carboxylic acids is 2. The van der Waals surface area contributed by atoms with Gasteiger partial charge in [-0.25, -0.2) is 0 Å². The molecule has 1 saturated heterocycles. The molecule has 0 aromatic heterocycles. The summed E-state index contributed by atoms with van der Waals surface area (Å²) in [5, 5.41) is 32.2. The molecule has 0 radical (unpaired) electrons. The summed E-state index contributed by atoms with van der Waals surface area (Å²) >= 11 is 1.52. The summed E-state index contributed by atoms with van der Waals surface area (Å²) < 4.78 is 0. The summed E-state index contributed by atoms with van der Waals surface area (Å²) in [5.74, 6) is 0.753. The van der Waals surface area contributed by atoms with E-state index in [9.17, 15) is 19.8 Å². The molecule has 41 heavy (non-hydrogen) atoms. The topological polar surface area (TPSA) is 108 Å². The van der Waals surface area contributed by atoms with Gasteiger partial charge in [0.1, 0.15) is 0 Å². The van der Waals surface area contributed by atoms with E-state index >= 15 is 0 Å². The first-order valence-corrected chi connectivity index (χ1v) is 15.5. The standard InChI is InChI=1S/C32H44N3O4S.Ca/c1-21-25(15-10-16-28(21)36)30(38)33-26(20-40-24-13-6-5-7-14-24)29(37)19-35-18-23-12-9-8-11-22(23)17-27(35)31(39)34-32(2,3)4;/h5-7,10,13-16,22-23,26-27,29,36H,8-9,11-12,17-20H2,1-4H3,(H,33,38)(H,34,39);/q-1;+2/p-1/t22-,23+,26-,27-,29+;/m0./s1. The SMILES string of the molecule is Cc1c([O-])cccc1C(=O)N[C@@H](CSc1ccccc1)[C@H]([O-])CN1C[C@H]2CCCC[C@H]2C[C@H]1C(=O)NC(C)(C)C.[Ca+2]. The molecule has 9 heteroatoms. The monoisotopic (exact) mass is 605 g/mol. The number of benzene rings is 2. The van der Waals surface area contributed by atoms with Crippen molar-refractivity contribution in [2.24, 2.45) is 11.8 Å². The normalized spacial score (nSPS) is 22.5. The van der Waals surface area contributed by atoms with E-state index in [1.54, 1.807) is 19.1 Å². The minimum Gasteiger partial charge on any atom is -0.872 e. The second-order valence-electron chi connectivity index (χ2n) is 12.4. The second kappa shape index (κ2) is 15.4. The predicted molar refractivity (Wildman–Crippen MR) is 162 cm³/mol. The van der Waals surface area contributed by atoms with E-state index < -0.39 is 18.1 Å². The predicted octanol–water partition coefficient (Wildman–Crippen LogP) is 3.10. The molecular weight excluding hydrogens is 563 g/mol. The number of rotatable bonds is 9. The molecule has 2 N–H and O–H groups in total. The van der Waals surface area contributed by atoms with Crippen molar-refractivity contribution in [2.75, 3.05) is 18.8 Å². The fraction of sp³-hybridized carbons (Fsp3) is 0.562. The number of hydrogen-bond acceptors (Lipinski definition) is 6. The Kier molecular flexibility index (Phi) is 12.9. The van der Waals surface area contributed by atoms with Crippen LogP contribution >= 0.6 is 11.8 Å². The average Bonchev–Trinajstić information content (AvgIpc) is 2.91. The van der Waals surface area contributed by atoms with Crippen LogP contribution in [0.3, 0.4) is 0 Å². The van der Waals surface area contributed by atoms with Crippen LogP contribution in [0.2, 0.25) is 0 Å². The van der Waals surface area contributed by atoms with E-state index in [0.717, 1.165) is 30.7 Å². The maximum absolute atomic E-state index is 14.0. The van der Waals surface area contributed by atoms with Crippen LogP contribution in [0.5, 0.6) is 5.75 Å². The zero-order valence-electron chi connectivity index (χ0n) is 24.9. The van der Waals surface area contributed by atoms with Crippen LogP contribution in [0.15, 0.2) is 53.4 Å². The molecular formula is C32H43CaN3O4S. The van der Waals surface area contributed by atoms with Crippen LogP contribution in [0.25, 0.3) is 0 Å². The molecule has 7 nitrogen and oxygen atoms in total. The Balaban J connectivity index is 0.00000462. The molecule has 1 saturated carbocycles. The van der Waals surface area contributed by atoms with E-state index in [-0.39, 0.29) is 67.5 Å². The van der Waals surface area contributed by atoms with Crippen molar-refractivity contribution in [3.63, 3.8) is 0 Å². The van der Waals surface area contributed by atoms with Crippen LogP contribution in [-0.2, 0) is 4.79 Å². The van der Waals surface area contributed by atoms with Crippen LogP contribution in [0.4, 0.5) is 0 Å². The molecule has 1 aliphatic carbocycles. The number of thioether (sulfide) groups is 1. The zero-order valence-corrected chi connectivity index (χ0v) is 27.9. The summed E-state index contributed by atoms with van der Waals surface area (Å²) in [6.07, 6.45) is 4.29. The Hall–Kier alpha value is -1.29. The molecule has 5 atom stereocenters. The number of nitrogens with zero attached hydrogens (tertiary/aromatic N) is 1. The van der Waals surface area contributed by atoms with Crippen molar-refractivity contribution in [3.8, 4) is 5.75 Å². The third-order valence-electron chi connectivity index (χ3n) is 8.18. The van der Waals surface area contributed by atoms with Crippen LogP contribution < -0.4 is 20.8 Å². The van der Waals surface area contributed by atoms with Crippen molar-refractivity contribution >= 4 is 61.3 Å². The zero-order chi connectivity index (χ0) is 28.9. The van der Waals surface area contributed by atoms with Gasteiger partial charge in [0.25, 0.3) is 5.91 Å². The molecule has 1 aliphatic heterocycles. The van der Waals surface area contributed by atoms with Crippen molar-refractivity contribution in [3.05, 3.63) is 59.7 Å². The van der Waals surface area contributed by atoms with E-state index in [4.69, 9.17) is 0 Å². The molecule has 0 bridgehead atoms. The summed E-state index contributed by atoms with van der Waals surface area (Å²) in [6.45, 7) is 8.46. The number of piperidine rings is 1. The Bertz CT molecular complexity index is 1160. The third kappa shape index (κ3) is 9.60. The van der Waals surface area contributed by atoms with Crippen molar-refractivity contribution < 1.29 is 19.8 Å². The third-order valence-corrected chi connectivity index (χ3v) is 9.32. The van der Waals surface area contributed by atoms with Gasteiger partial charge in [0.2, 0.25) is 5.91 Å². The van der Waals surface area contributed by atoms with E-state index in [0.29, 0.717) is 28.7 Å². The molecule has 2 aromatic rings. The van der Waals surface area contributed by atoms with Gasteiger partial charge in [0.15, 0.2) is 0 Å². The number of fused-ring (bicyclic) bond motifs is 1. The number of likely N-dealkylation sites (tertiary alicyclic amines) is 1. The molecule has 4 rings (SSSR count). The van der Waals surface area contributed by atoms with Gasteiger partial charge in [0.05, 0.1) is 6.04 Å². The summed E-state index contributed by atoms with van der Waals surface area (Å²) in [7, 11) is 0. The molecule has 0 unspecified atom stereocenters. The smallest absolute Gasteiger partial charge is 0.872 e. The number of nitrogens with one attached hydrogen (secondary N) is 2. The summed E-state index contributed by atoms with van der Waals surface area (Å²) in [6, 6.07) is 13.4. The van der Waals surface area contributed by atoms with E-state index in [1.807, 2.05) is 51.1 Å². The van der Waals surface area contributed by atoms with Gasteiger partial charge in [-0.2, -0.15) is 0 Å². The number of carbonyl (C=O) groups is 2. The second-order valence-corrected chi connectivity index (χ2v) is 13.5. The number of hydrogen-bond donors (Lipinski definition) is 2. The first kappa shape index (κ1) is 34.2. The van der Waals surface area contributed by atoms with Gasteiger partial charge >= 0.3 is 37.7 Å². The Morgan fingerprint density at radius 2 is 1.73 bits per heavy atom. The van der Waals surface area contributed by atoms with Crippen molar-refractivity contribution in [2.45, 2.75) is 88.4 Å². The molecule has 2 aliphatic rings. The van der Waals surface area contributed by atoms with Crippen LogP contribution in [-0.4, -0.2) is 97.0 Å². The Labute approximate surface area is 279 Å². The van der Waals surface area contributed by atoms with Crippen molar-refractivity contribution in [1.29, 1.82) is 0 Å². The first-order valence-electron chi connectivity index (χ1n) is 14.5. The molecule has 2 amide bonds. The van der Waals surface area contributed by atoms with Gasteiger partial charge < -0.3 is 20.8 Å². The van der Waals surface area contributed by atoms with Gasteiger partial charge in [-0.3, -0.25) is 14.5 Å². The van der Waals surface area contributed by atoms with Crippen LogP contribution in [0, 0.1) is 18.8 Å². The average molecular weight is 606 g/mol. The van der Waals surface area contributed by atoms with Crippen molar-refractivity contribution in [1.82, 2.24) is 15.5 Å². The molecule has 2 fully saturated rings. The minimum atomic E-state index is -1.15. The number of amides is 2. The quantitative estimate of drug-likeness (QED) is 0.336. The summed E-state index contributed by atoms with van der Waals surface area (Å²) in [5.41, 5.74) is 0.301. The van der Waals surface area contributed by atoms with Crippen LogP contribution in [0.1, 0.15) is 68.8 Å². The summed E-state index contributed by atoms with van der Waals surface area (Å²) in [4.78, 5) is 29.8. The maximum Gasteiger partial charge on any atom is 2.00 e. The Morgan fingerprint density at radius 3 is 2.41 bits per heavy atom. The van der Waals surface area contributed by atoms with Gasteiger partial charge in [0, 0.05) is 34.3 Å². The maximum atomic E-state index is 14.0. The minimum absolute atomic E-state index is 0. The van der Waals surface area contributed by atoms with Gasteiger partial charge in [-0.1, -0.05) is 55.7 Å². The fourth-order valence-corrected chi connectivity index (χ4v) is 7.06. The largest absolute Gasteiger partial charge is 2.00 e. The first-order chi connectivity index (χ1) is 19.0. The molecule has 218 valence electrons. The molecule has 1 heterocycles. The van der Waals surface area contributed by atoms with E-state index in [1.165, 1.54) is 30.7 Å².